The predicted octanol–water partition coefficient (Wildman–Crippen LogP) is 2.11. The van der Waals surface area contributed by atoms with Crippen LogP contribution in [0.15, 0.2) is 36.7 Å². The first-order chi connectivity index (χ1) is 12.6. The van der Waals surface area contributed by atoms with E-state index < -0.39 is 6.10 Å². The van der Waals surface area contributed by atoms with Crippen LogP contribution in [0.5, 0.6) is 11.5 Å². The Morgan fingerprint density at radius 3 is 2.81 bits per heavy atom. The number of hydrogen-bond donors (Lipinski definition) is 2. The Hall–Kier alpha value is -2.87. The molecule has 1 atom stereocenters. The van der Waals surface area contributed by atoms with Crippen LogP contribution < -0.4 is 14.8 Å². The monoisotopic (exact) mass is 357 g/mol. The second-order valence-electron chi connectivity index (χ2n) is 6.26. The third kappa shape index (κ3) is 4.20. The number of methoxy groups -OCH3 is 1. The minimum absolute atomic E-state index is 0.158. The number of fused-ring (bicyclic) bond motifs is 1. The highest BCUT2D eigenvalue weighted by Crippen LogP contribution is 2.21. The van der Waals surface area contributed by atoms with Gasteiger partial charge in [-0.15, -0.1) is 10.2 Å². The largest absolute Gasteiger partial charge is 0.497 e. The molecule has 0 radical (unpaired) electrons. The number of nitrogens with one attached hydrogen (secondary N) is 1. The zero-order chi connectivity index (χ0) is 18.5. The van der Waals surface area contributed by atoms with E-state index in [1.807, 2.05) is 24.3 Å². The number of aliphatic hydroxyl groups excluding tert-OH is 1. The van der Waals surface area contributed by atoms with Crippen LogP contribution in [0.4, 0.5) is 5.69 Å². The molecule has 0 bridgehead atoms. The van der Waals surface area contributed by atoms with E-state index in [1.165, 1.54) is 0 Å². The van der Waals surface area contributed by atoms with Crippen LogP contribution in [0.1, 0.15) is 25.5 Å². The van der Waals surface area contributed by atoms with Gasteiger partial charge in [0.25, 0.3) is 0 Å². The van der Waals surface area contributed by atoms with Crippen LogP contribution in [0.2, 0.25) is 0 Å². The number of aromatic nitrogens is 4. The number of rotatable bonds is 8. The van der Waals surface area contributed by atoms with Gasteiger partial charge in [0.15, 0.2) is 0 Å². The van der Waals surface area contributed by atoms with E-state index in [9.17, 15) is 5.11 Å². The summed E-state index contributed by atoms with van der Waals surface area (Å²) < 4.78 is 12.4. The smallest absolute Gasteiger partial charge is 0.200 e. The number of anilines is 1. The molecule has 26 heavy (non-hydrogen) atoms. The highest BCUT2D eigenvalue weighted by atomic mass is 16.5. The number of ether oxygens (including phenoxy) is 2. The van der Waals surface area contributed by atoms with Crippen molar-refractivity contribution >= 4 is 11.3 Å². The topological polar surface area (TPSA) is 93.8 Å². The van der Waals surface area contributed by atoms with Gasteiger partial charge in [0.2, 0.25) is 5.65 Å². The average molecular weight is 357 g/mol. The van der Waals surface area contributed by atoms with Crippen LogP contribution >= 0.6 is 0 Å². The lowest BCUT2D eigenvalue weighted by Crippen LogP contribution is -2.26. The molecule has 0 aliphatic heterocycles. The lowest BCUT2D eigenvalue weighted by Gasteiger charge is -2.15. The maximum atomic E-state index is 10.2. The molecule has 0 aliphatic rings. The molecule has 2 aromatic heterocycles. The summed E-state index contributed by atoms with van der Waals surface area (Å²) in [5, 5.41) is 25.9. The summed E-state index contributed by atoms with van der Waals surface area (Å²) in [4.78, 5) is 0. The van der Waals surface area contributed by atoms with Crippen LogP contribution in [0.25, 0.3) is 5.65 Å². The van der Waals surface area contributed by atoms with Crippen LogP contribution in [0, 0.1) is 0 Å². The van der Waals surface area contributed by atoms with Crippen molar-refractivity contribution in [1.29, 1.82) is 0 Å². The number of aliphatic hydroxyl groups is 1. The molecule has 0 amide bonds. The van der Waals surface area contributed by atoms with E-state index in [-0.39, 0.29) is 12.5 Å². The van der Waals surface area contributed by atoms with Crippen LogP contribution in [-0.4, -0.2) is 51.3 Å². The fourth-order valence-electron chi connectivity index (χ4n) is 2.43. The first-order valence-electron chi connectivity index (χ1n) is 8.46. The first-order valence-corrected chi connectivity index (χ1v) is 8.46. The van der Waals surface area contributed by atoms with Crippen LogP contribution in [-0.2, 0) is 0 Å². The molecule has 2 N–H and O–H groups in total. The van der Waals surface area contributed by atoms with Crippen molar-refractivity contribution in [3.63, 3.8) is 0 Å². The Labute approximate surface area is 151 Å². The molecule has 138 valence electrons. The lowest BCUT2D eigenvalue weighted by molar-refractivity contribution is 0.117. The van der Waals surface area contributed by atoms with Gasteiger partial charge in [0, 0.05) is 12.6 Å². The minimum Gasteiger partial charge on any atom is -0.497 e. The maximum absolute atomic E-state index is 10.2. The van der Waals surface area contributed by atoms with Crippen molar-refractivity contribution in [2.45, 2.75) is 25.9 Å². The molecular weight excluding hydrogens is 334 g/mol. The van der Waals surface area contributed by atoms with E-state index in [2.05, 4.69) is 34.5 Å². The number of hydrogen-bond acceptors (Lipinski definition) is 7. The summed E-state index contributed by atoms with van der Waals surface area (Å²) in [5.74, 6) is 1.63. The Morgan fingerprint density at radius 2 is 2.04 bits per heavy atom. The van der Waals surface area contributed by atoms with Gasteiger partial charge in [-0.3, -0.25) is 0 Å². The lowest BCUT2D eigenvalue weighted by atomic mass is 10.1. The Kier molecular flexibility index (Phi) is 5.52. The summed E-state index contributed by atoms with van der Waals surface area (Å²) in [6.45, 7) is 4.61. The number of nitrogens with zero attached hydrogens (tertiary/aromatic N) is 4. The fourth-order valence-corrected chi connectivity index (χ4v) is 2.43. The van der Waals surface area contributed by atoms with Crippen molar-refractivity contribution < 1.29 is 14.6 Å². The second-order valence-corrected chi connectivity index (χ2v) is 6.26. The standard InChI is InChI=1S/C18H23N5O3/c1-12(2)16-8-17(18-21-20-11-23(18)22-16)19-9-13(24)10-26-15-6-4-5-14(7-15)25-3/h4-8,11-13,19,24H,9-10H2,1-3H3. The molecule has 0 saturated carbocycles. The molecule has 1 unspecified atom stereocenters. The van der Waals surface area contributed by atoms with Gasteiger partial charge in [0.1, 0.15) is 30.5 Å². The third-order valence-electron chi connectivity index (χ3n) is 3.89. The van der Waals surface area contributed by atoms with Gasteiger partial charge in [-0.25, -0.2) is 0 Å². The maximum Gasteiger partial charge on any atom is 0.200 e. The van der Waals surface area contributed by atoms with E-state index >= 15 is 0 Å². The summed E-state index contributed by atoms with van der Waals surface area (Å²) >= 11 is 0. The molecule has 3 aromatic rings. The molecule has 3 rings (SSSR count). The first kappa shape index (κ1) is 17.9. The van der Waals surface area contributed by atoms with Crippen molar-refractivity contribution in [3.05, 3.63) is 42.4 Å². The summed E-state index contributed by atoms with van der Waals surface area (Å²) in [5.41, 5.74) is 2.32. The highest BCUT2D eigenvalue weighted by molar-refractivity contribution is 5.66. The predicted molar refractivity (Wildman–Crippen MR) is 97.9 cm³/mol. The molecular formula is C18H23N5O3. The molecule has 2 heterocycles. The molecule has 8 nitrogen and oxygen atoms in total. The summed E-state index contributed by atoms with van der Waals surface area (Å²) in [7, 11) is 1.60. The Balaban J connectivity index is 1.61. The summed E-state index contributed by atoms with van der Waals surface area (Å²) in [6.07, 6.45) is 0.870. The Morgan fingerprint density at radius 1 is 1.23 bits per heavy atom. The van der Waals surface area contributed by atoms with E-state index in [0.29, 0.717) is 23.7 Å². The fraction of sp³-hybridized carbons (Fsp3) is 0.389. The van der Waals surface area contributed by atoms with Gasteiger partial charge in [-0.05, 0) is 24.1 Å². The van der Waals surface area contributed by atoms with E-state index in [0.717, 1.165) is 11.4 Å². The molecule has 0 fully saturated rings. The molecule has 0 saturated heterocycles. The molecule has 8 heteroatoms. The van der Waals surface area contributed by atoms with Crippen molar-refractivity contribution in [1.82, 2.24) is 19.8 Å². The quantitative estimate of drug-likeness (QED) is 0.638. The van der Waals surface area contributed by atoms with Gasteiger partial charge >= 0.3 is 0 Å². The van der Waals surface area contributed by atoms with Gasteiger partial charge in [-0.2, -0.15) is 9.61 Å². The Bertz CT molecular complexity index is 865. The number of benzene rings is 1. The van der Waals surface area contributed by atoms with Gasteiger partial charge in [0.05, 0.1) is 18.5 Å². The minimum atomic E-state index is -0.695. The van der Waals surface area contributed by atoms with Crippen molar-refractivity contribution in [2.75, 3.05) is 25.6 Å². The third-order valence-corrected chi connectivity index (χ3v) is 3.89. The summed E-state index contributed by atoms with van der Waals surface area (Å²) in [6, 6.07) is 9.21. The van der Waals surface area contributed by atoms with Gasteiger partial charge < -0.3 is 19.9 Å². The van der Waals surface area contributed by atoms with Gasteiger partial charge in [-0.1, -0.05) is 19.9 Å². The van der Waals surface area contributed by atoms with E-state index in [4.69, 9.17) is 9.47 Å². The SMILES string of the molecule is COc1cccc(OCC(O)CNc2cc(C(C)C)nn3cnnc23)c1. The highest BCUT2D eigenvalue weighted by Gasteiger charge is 2.12. The second kappa shape index (κ2) is 8.01. The zero-order valence-electron chi connectivity index (χ0n) is 15.1. The van der Waals surface area contributed by atoms with Crippen LogP contribution in [0.3, 0.4) is 0 Å². The van der Waals surface area contributed by atoms with E-state index in [1.54, 1.807) is 24.0 Å². The molecule has 1 aromatic carbocycles. The van der Waals surface area contributed by atoms with Crippen molar-refractivity contribution in [3.8, 4) is 11.5 Å². The molecule has 0 spiro atoms. The molecule has 0 aliphatic carbocycles. The van der Waals surface area contributed by atoms with Crippen molar-refractivity contribution in [2.24, 2.45) is 0 Å². The average Bonchev–Trinajstić information content (AvgIpc) is 3.13. The normalized spacial score (nSPS) is 12.3. The zero-order valence-corrected chi connectivity index (χ0v) is 15.1.